The molecular weight excluding hydrogens is 382 g/mol. The number of likely N-dealkylation sites (tertiary alicyclic amines) is 1. The summed E-state index contributed by atoms with van der Waals surface area (Å²) >= 11 is 0. The zero-order valence-corrected chi connectivity index (χ0v) is 17.1. The number of carbonyl (C=O) groups is 2. The van der Waals surface area contributed by atoms with E-state index < -0.39 is 17.7 Å². The minimum absolute atomic E-state index is 0.0804. The Morgan fingerprint density at radius 2 is 1.90 bits per heavy atom. The van der Waals surface area contributed by atoms with E-state index in [4.69, 9.17) is 9.47 Å². The average molecular weight is 407 g/mol. The van der Waals surface area contributed by atoms with Crippen molar-refractivity contribution in [2.75, 3.05) is 20.3 Å². The summed E-state index contributed by atoms with van der Waals surface area (Å²) in [6, 6.07) is 13.8. The fourth-order valence-electron chi connectivity index (χ4n) is 4.28. The molecule has 0 aliphatic carbocycles. The van der Waals surface area contributed by atoms with Gasteiger partial charge in [-0.2, -0.15) is 0 Å². The second kappa shape index (κ2) is 8.32. The van der Waals surface area contributed by atoms with Crippen LogP contribution in [0, 0.1) is 6.92 Å². The van der Waals surface area contributed by atoms with Crippen LogP contribution >= 0.6 is 0 Å². The molecule has 0 spiro atoms. The van der Waals surface area contributed by atoms with Gasteiger partial charge in [0.1, 0.15) is 11.5 Å². The van der Waals surface area contributed by atoms with Crippen LogP contribution in [0.25, 0.3) is 5.76 Å². The molecule has 2 fully saturated rings. The fourth-order valence-corrected chi connectivity index (χ4v) is 4.28. The van der Waals surface area contributed by atoms with Crippen LogP contribution in [0.5, 0.6) is 5.75 Å². The molecule has 2 saturated heterocycles. The molecule has 6 heteroatoms. The number of nitrogens with zero attached hydrogens (tertiary/aromatic N) is 1. The Kier molecular flexibility index (Phi) is 5.59. The van der Waals surface area contributed by atoms with E-state index in [0.29, 0.717) is 24.5 Å². The first-order valence-electron chi connectivity index (χ1n) is 10.1. The van der Waals surface area contributed by atoms with E-state index in [2.05, 4.69) is 0 Å². The van der Waals surface area contributed by atoms with Crippen molar-refractivity contribution in [3.63, 3.8) is 0 Å². The smallest absolute Gasteiger partial charge is 0.295 e. The number of carbonyl (C=O) groups excluding carboxylic acids is 2. The van der Waals surface area contributed by atoms with E-state index in [1.165, 1.54) is 7.11 Å². The second-order valence-electron chi connectivity index (χ2n) is 7.64. The molecule has 2 heterocycles. The summed E-state index contributed by atoms with van der Waals surface area (Å²) < 4.78 is 11.1. The molecule has 30 heavy (non-hydrogen) atoms. The number of hydrogen-bond donors (Lipinski definition) is 1. The number of benzene rings is 2. The van der Waals surface area contributed by atoms with Crippen molar-refractivity contribution >= 4 is 17.4 Å². The van der Waals surface area contributed by atoms with Crippen molar-refractivity contribution in [3.8, 4) is 5.75 Å². The van der Waals surface area contributed by atoms with Crippen molar-refractivity contribution in [2.24, 2.45) is 0 Å². The zero-order valence-electron chi connectivity index (χ0n) is 17.1. The summed E-state index contributed by atoms with van der Waals surface area (Å²) in [5.74, 6) is -1.10. The number of rotatable bonds is 5. The van der Waals surface area contributed by atoms with Crippen LogP contribution in [-0.4, -0.2) is 48.1 Å². The summed E-state index contributed by atoms with van der Waals surface area (Å²) in [4.78, 5) is 27.7. The van der Waals surface area contributed by atoms with Crippen molar-refractivity contribution in [2.45, 2.75) is 31.9 Å². The minimum Gasteiger partial charge on any atom is -0.507 e. The van der Waals surface area contributed by atoms with Gasteiger partial charge in [0.05, 0.1) is 30.4 Å². The second-order valence-corrected chi connectivity index (χ2v) is 7.64. The third-order valence-electron chi connectivity index (χ3n) is 5.81. The molecule has 2 aromatic rings. The lowest BCUT2D eigenvalue weighted by molar-refractivity contribution is -0.140. The monoisotopic (exact) mass is 407 g/mol. The summed E-state index contributed by atoms with van der Waals surface area (Å²) in [7, 11) is 1.50. The van der Waals surface area contributed by atoms with Gasteiger partial charge in [-0.05, 0) is 43.0 Å². The van der Waals surface area contributed by atoms with E-state index >= 15 is 0 Å². The highest BCUT2D eigenvalue weighted by molar-refractivity contribution is 6.46. The Morgan fingerprint density at radius 3 is 2.60 bits per heavy atom. The Labute approximate surface area is 175 Å². The van der Waals surface area contributed by atoms with Crippen LogP contribution in [0.1, 0.15) is 35.6 Å². The largest absolute Gasteiger partial charge is 0.507 e. The van der Waals surface area contributed by atoms with Crippen LogP contribution in [0.3, 0.4) is 0 Å². The molecule has 156 valence electrons. The van der Waals surface area contributed by atoms with Crippen molar-refractivity contribution < 1.29 is 24.2 Å². The van der Waals surface area contributed by atoms with Gasteiger partial charge in [0.2, 0.25) is 0 Å². The summed E-state index contributed by atoms with van der Waals surface area (Å²) in [6.07, 6.45) is 1.67. The van der Waals surface area contributed by atoms with E-state index in [9.17, 15) is 14.7 Å². The molecular formula is C24H25NO5. The Bertz CT molecular complexity index is 1010. The zero-order chi connectivity index (χ0) is 21.3. The maximum absolute atomic E-state index is 13.1. The van der Waals surface area contributed by atoms with Crippen LogP contribution < -0.4 is 4.74 Å². The highest BCUT2D eigenvalue weighted by Crippen LogP contribution is 2.42. The normalized spacial score (nSPS) is 23.2. The lowest BCUT2D eigenvalue weighted by atomic mass is 9.92. The van der Waals surface area contributed by atoms with Gasteiger partial charge < -0.3 is 19.5 Å². The molecule has 1 amide bonds. The van der Waals surface area contributed by atoms with Gasteiger partial charge in [-0.15, -0.1) is 0 Å². The van der Waals surface area contributed by atoms with Crippen LogP contribution in [0.4, 0.5) is 0 Å². The third-order valence-corrected chi connectivity index (χ3v) is 5.81. The fraction of sp³-hybridized carbons (Fsp3) is 0.333. The first-order chi connectivity index (χ1) is 14.5. The number of hydrogen-bond acceptors (Lipinski definition) is 5. The number of Topliss-reactive ketones (excluding diaryl/α,β-unsaturated/α-hetero) is 1. The number of ether oxygens (including phenoxy) is 2. The van der Waals surface area contributed by atoms with E-state index in [1.807, 2.05) is 31.2 Å². The minimum atomic E-state index is -0.690. The number of aryl methyl sites for hydroxylation is 1. The van der Waals surface area contributed by atoms with Crippen molar-refractivity contribution in [3.05, 3.63) is 70.8 Å². The average Bonchev–Trinajstić information content (AvgIpc) is 3.36. The molecule has 4 rings (SSSR count). The SMILES string of the molecule is COc1ccccc1/C(O)=C1\C(=O)C(=O)N(CC2CCCO2)C1c1ccccc1C. The number of aliphatic hydroxyl groups excluding tert-OH is 1. The lowest BCUT2D eigenvalue weighted by Gasteiger charge is -2.28. The first kappa shape index (κ1) is 20.2. The maximum atomic E-state index is 13.1. The molecule has 0 radical (unpaired) electrons. The summed E-state index contributed by atoms with van der Waals surface area (Å²) in [5.41, 5.74) is 2.21. The maximum Gasteiger partial charge on any atom is 0.295 e. The van der Waals surface area contributed by atoms with Crippen LogP contribution in [0.15, 0.2) is 54.1 Å². The molecule has 1 N–H and O–H groups in total. The molecule has 2 aliphatic rings. The van der Waals surface area contributed by atoms with Gasteiger partial charge in [-0.3, -0.25) is 9.59 Å². The van der Waals surface area contributed by atoms with Gasteiger partial charge in [0.25, 0.3) is 11.7 Å². The Morgan fingerprint density at radius 1 is 1.17 bits per heavy atom. The highest BCUT2D eigenvalue weighted by Gasteiger charge is 2.47. The van der Waals surface area contributed by atoms with Crippen molar-refractivity contribution in [1.29, 1.82) is 0 Å². The standard InChI is InChI=1S/C24H25NO5/c1-15-8-3-4-10-17(15)21-20(22(26)18-11-5-6-12-19(18)29-2)23(27)24(28)25(21)14-16-9-7-13-30-16/h3-6,8,10-12,16,21,26H,7,9,13-14H2,1-2H3/b22-20+. The number of aliphatic hydroxyl groups is 1. The predicted octanol–water partition coefficient (Wildman–Crippen LogP) is 3.60. The van der Waals surface area contributed by atoms with Gasteiger partial charge in [0, 0.05) is 13.2 Å². The molecule has 2 unspecified atom stereocenters. The molecule has 2 aromatic carbocycles. The molecule has 2 atom stereocenters. The Balaban J connectivity index is 1.88. The third kappa shape index (κ3) is 3.48. The molecule has 2 aliphatic heterocycles. The molecule has 6 nitrogen and oxygen atoms in total. The van der Waals surface area contributed by atoms with Gasteiger partial charge in [-0.25, -0.2) is 0 Å². The van der Waals surface area contributed by atoms with Gasteiger partial charge >= 0.3 is 0 Å². The number of amides is 1. The van der Waals surface area contributed by atoms with Crippen LogP contribution in [-0.2, 0) is 14.3 Å². The van der Waals surface area contributed by atoms with Crippen molar-refractivity contribution in [1.82, 2.24) is 4.90 Å². The molecule has 0 aromatic heterocycles. The Hall–Kier alpha value is -3.12. The topological polar surface area (TPSA) is 76.1 Å². The number of methoxy groups -OCH3 is 1. The summed E-state index contributed by atoms with van der Waals surface area (Å²) in [6.45, 7) is 2.90. The molecule has 0 bridgehead atoms. The lowest BCUT2D eigenvalue weighted by Crippen LogP contribution is -2.36. The van der Waals surface area contributed by atoms with E-state index in [0.717, 1.165) is 24.0 Å². The highest BCUT2D eigenvalue weighted by atomic mass is 16.5. The van der Waals surface area contributed by atoms with Crippen LogP contribution in [0.2, 0.25) is 0 Å². The van der Waals surface area contributed by atoms with Gasteiger partial charge in [0.15, 0.2) is 0 Å². The van der Waals surface area contributed by atoms with E-state index in [1.54, 1.807) is 29.2 Å². The summed E-state index contributed by atoms with van der Waals surface area (Å²) in [5, 5.41) is 11.2. The van der Waals surface area contributed by atoms with E-state index in [-0.39, 0.29) is 17.4 Å². The predicted molar refractivity (Wildman–Crippen MR) is 112 cm³/mol. The number of para-hydroxylation sites is 1. The molecule has 0 saturated carbocycles. The van der Waals surface area contributed by atoms with Gasteiger partial charge in [-0.1, -0.05) is 36.4 Å². The quantitative estimate of drug-likeness (QED) is 0.466. The number of ketones is 1. The first-order valence-corrected chi connectivity index (χ1v) is 10.1.